The van der Waals surface area contributed by atoms with Gasteiger partial charge in [-0.25, -0.2) is 19.9 Å². The van der Waals surface area contributed by atoms with Crippen LogP contribution in [0.4, 0.5) is 0 Å². The summed E-state index contributed by atoms with van der Waals surface area (Å²) in [6, 6.07) is 32.5. The number of hydrogen-bond acceptors (Lipinski definition) is 4. The molecular weight excluding hydrogens is 953 g/mol. The van der Waals surface area contributed by atoms with Gasteiger partial charge in [-0.1, -0.05) is 55.4 Å². The van der Waals surface area contributed by atoms with Gasteiger partial charge in [0.2, 0.25) is 0 Å². The van der Waals surface area contributed by atoms with E-state index in [9.17, 15) is 0 Å². The molecule has 8 heteroatoms. The second-order valence-electron chi connectivity index (χ2n) is 22.0. The lowest BCUT2D eigenvalue weighted by Gasteiger charge is -2.09. The molecule has 8 nitrogen and oxygen atoms in total. The predicted molar refractivity (Wildman–Crippen MR) is 331 cm³/mol. The van der Waals surface area contributed by atoms with Gasteiger partial charge in [0.1, 0.15) is 0 Å². The molecule has 4 aliphatic rings. The Balaban J connectivity index is 1.05. The Kier molecular flexibility index (Phi) is 11.9. The lowest BCUT2D eigenvalue weighted by atomic mass is 9.93. The van der Waals surface area contributed by atoms with Crippen LogP contribution < -0.4 is 0 Å². The maximum Gasteiger partial charge on any atom is 0.0737 e. The smallest absolute Gasteiger partial charge is 0.0737 e. The number of fused-ring (bicyclic) bond motifs is 24. The molecule has 4 N–H and O–H groups in total. The fourth-order valence-corrected chi connectivity index (χ4v) is 13.8. The minimum atomic E-state index is 0.910. The minimum Gasteiger partial charge on any atom is -0.355 e. The highest BCUT2D eigenvalue weighted by Gasteiger charge is 2.25. The molecule has 78 heavy (non-hydrogen) atoms. The molecule has 0 atom stereocenters. The van der Waals surface area contributed by atoms with E-state index in [2.05, 4.69) is 188 Å². The summed E-state index contributed by atoms with van der Waals surface area (Å²) in [5.41, 5.74) is 37.0. The maximum absolute atomic E-state index is 5.55. The molecular formula is C70H70N8. The van der Waals surface area contributed by atoms with Crippen LogP contribution in [-0.4, -0.2) is 39.9 Å². The number of aromatic nitrogens is 8. The van der Waals surface area contributed by atoms with Gasteiger partial charge in [-0.2, -0.15) is 0 Å². The van der Waals surface area contributed by atoms with Crippen LogP contribution in [0, 0.1) is 27.7 Å². The Labute approximate surface area is 457 Å². The molecule has 0 fully saturated rings. The Morgan fingerprint density at radius 1 is 0.244 bits per heavy atom. The third-order valence-corrected chi connectivity index (χ3v) is 18.0. The number of aromatic amines is 4. The van der Waals surface area contributed by atoms with Crippen molar-refractivity contribution in [2.75, 3.05) is 0 Å². The summed E-state index contributed by atoms with van der Waals surface area (Å²) >= 11 is 0. The molecule has 0 radical (unpaired) electrons. The van der Waals surface area contributed by atoms with E-state index in [-0.39, 0.29) is 0 Å². The molecule has 3 aromatic carbocycles. The van der Waals surface area contributed by atoms with Crippen LogP contribution in [0.5, 0.6) is 0 Å². The molecule has 4 aliphatic heterocycles. The van der Waals surface area contributed by atoms with E-state index in [1.54, 1.807) is 0 Å². The molecule has 0 aliphatic carbocycles. The first kappa shape index (κ1) is 49.5. The summed E-state index contributed by atoms with van der Waals surface area (Å²) < 4.78 is 0. The van der Waals surface area contributed by atoms with Crippen molar-refractivity contribution in [3.8, 4) is 45.0 Å². The first-order valence-electron chi connectivity index (χ1n) is 28.9. The van der Waals surface area contributed by atoms with Gasteiger partial charge in [-0.15, -0.1) is 0 Å². The molecule has 0 amide bonds. The van der Waals surface area contributed by atoms with E-state index in [1.165, 1.54) is 88.3 Å². The molecule has 0 saturated heterocycles. The number of hydrogen-bond donors (Lipinski definition) is 4. The highest BCUT2D eigenvalue weighted by Crippen LogP contribution is 2.45. The molecule has 10 heterocycles. The van der Waals surface area contributed by atoms with Crippen LogP contribution in [0.1, 0.15) is 148 Å². The number of nitrogens with zero attached hydrogens (tertiary/aromatic N) is 4. The standard InChI is InChI=1S/C70H70N8/c1-13-43-35(9)55-27-67-51-23-39-21-41-25-53-54(70-30-58-38(12)46(16-4)62(74-58)34-66-50(20-8)49(19-7)65(76-66)33-61-45(15-3)37(11)57(73-61)29-69(53)78-70)26-42(41)22-40(39)24-52(51)68(77-67)28-56-36(10)44(14-2)60(72-56)32-64-48(18-6)47(17-5)63(75-64)31-59(43)71-55/h21-34,71-74H,13-20H2,1-12H3. The second-order valence-corrected chi connectivity index (χ2v) is 22.0. The van der Waals surface area contributed by atoms with E-state index in [0.29, 0.717) is 0 Å². The number of benzene rings is 3. The summed E-state index contributed by atoms with van der Waals surface area (Å²) in [6.45, 7) is 27.0. The van der Waals surface area contributed by atoms with E-state index < -0.39 is 0 Å². The topological polar surface area (TPSA) is 115 Å². The average molecular weight is 1020 g/mol. The van der Waals surface area contributed by atoms with Crippen molar-refractivity contribution >= 4 is 88.0 Å². The van der Waals surface area contributed by atoms with Crippen molar-refractivity contribution in [1.82, 2.24) is 39.9 Å². The first-order valence-corrected chi connectivity index (χ1v) is 28.9. The van der Waals surface area contributed by atoms with Crippen molar-refractivity contribution in [2.45, 2.75) is 134 Å². The van der Waals surface area contributed by atoms with Gasteiger partial charge in [0.15, 0.2) is 0 Å². The summed E-state index contributed by atoms with van der Waals surface area (Å²) in [4.78, 5) is 37.4. The summed E-state index contributed by atoms with van der Waals surface area (Å²) in [6.07, 6.45) is 7.35. The van der Waals surface area contributed by atoms with Gasteiger partial charge in [0.25, 0.3) is 0 Å². The van der Waals surface area contributed by atoms with Crippen LogP contribution in [0.25, 0.3) is 133 Å². The molecule has 13 rings (SSSR count). The number of H-pyrrole nitrogens is 4. The van der Waals surface area contributed by atoms with E-state index in [0.717, 1.165) is 163 Å². The van der Waals surface area contributed by atoms with Crippen molar-refractivity contribution in [1.29, 1.82) is 0 Å². The molecule has 16 bridgehead atoms. The van der Waals surface area contributed by atoms with Crippen LogP contribution >= 0.6 is 0 Å². The zero-order chi connectivity index (χ0) is 54.0. The number of rotatable bonds is 8. The Morgan fingerprint density at radius 2 is 0.449 bits per heavy atom. The van der Waals surface area contributed by atoms with Gasteiger partial charge in [0, 0.05) is 66.4 Å². The monoisotopic (exact) mass is 1020 g/mol. The van der Waals surface area contributed by atoms with Crippen molar-refractivity contribution in [3.63, 3.8) is 0 Å². The lowest BCUT2D eigenvalue weighted by molar-refractivity contribution is 1.14. The lowest BCUT2D eigenvalue weighted by Crippen LogP contribution is -1.84. The Hall–Kier alpha value is -8.10. The Bertz CT molecular complexity index is 3960. The number of aryl methyl sites for hydroxylation is 8. The van der Waals surface area contributed by atoms with Gasteiger partial charge in [-0.3, -0.25) is 0 Å². The largest absolute Gasteiger partial charge is 0.355 e. The molecule has 390 valence electrons. The zero-order valence-corrected chi connectivity index (χ0v) is 47.5. The van der Waals surface area contributed by atoms with Crippen LogP contribution in [0.2, 0.25) is 0 Å². The van der Waals surface area contributed by atoms with Crippen LogP contribution in [-0.2, 0) is 25.7 Å². The van der Waals surface area contributed by atoms with Crippen LogP contribution in [0.3, 0.4) is 0 Å². The third kappa shape index (κ3) is 7.60. The highest BCUT2D eigenvalue weighted by atomic mass is 14.8. The summed E-state index contributed by atoms with van der Waals surface area (Å²) in [5.74, 6) is 0. The second kappa shape index (κ2) is 18.8. The van der Waals surface area contributed by atoms with Crippen LogP contribution in [0.15, 0.2) is 84.9 Å². The fraction of sp³-hybridized carbons (Fsp3) is 0.286. The zero-order valence-electron chi connectivity index (χ0n) is 47.5. The number of nitrogens with one attached hydrogen (secondary N) is 4. The normalized spacial score (nSPS) is 13.2. The van der Waals surface area contributed by atoms with E-state index in [1.807, 2.05) is 0 Å². The van der Waals surface area contributed by atoms with Gasteiger partial charge in [-0.05, 0) is 252 Å². The highest BCUT2D eigenvalue weighted by molar-refractivity contribution is 6.08. The molecule has 6 aromatic heterocycles. The number of allylic oxidation sites excluding steroid dienone is 4. The predicted octanol–water partition coefficient (Wildman–Crippen LogP) is 18.9. The summed E-state index contributed by atoms with van der Waals surface area (Å²) in [7, 11) is 0. The SMILES string of the molecule is CCC1=C(CC)c2cc3[nH]c(cc4nc(cc5[nH]c(cc1n2)c(CC)c5C)-c1cc2cc5cc6c(cc5cc2cc1-4)-c1cc2[nH]c(cc4nc(cc5[nH]c(cc-6n1)c(C)c5CC)C(CC)=C4CC)c(CC)c2C)c(C)c3CC. The minimum absolute atomic E-state index is 0.910. The molecule has 9 aromatic rings. The van der Waals surface area contributed by atoms with E-state index >= 15 is 0 Å². The van der Waals surface area contributed by atoms with E-state index in [4.69, 9.17) is 19.9 Å². The molecule has 0 unspecified atom stereocenters. The molecule has 0 saturated carbocycles. The maximum atomic E-state index is 5.55. The van der Waals surface area contributed by atoms with Gasteiger partial charge < -0.3 is 19.9 Å². The van der Waals surface area contributed by atoms with Crippen molar-refractivity contribution in [2.24, 2.45) is 0 Å². The van der Waals surface area contributed by atoms with Crippen molar-refractivity contribution in [3.05, 3.63) is 152 Å². The fourth-order valence-electron chi connectivity index (χ4n) is 13.8. The molecule has 0 spiro atoms. The van der Waals surface area contributed by atoms with Gasteiger partial charge >= 0.3 is 0 Å². The third-order valence-electron chi connectivity index (χ3n) is 18.0. The van der Waals surface area contributed by atoms with Crippen molar-refractivity contribution < 1.29 is 0 Å². The van der Waals surface area contributed by atoms with Gasteiger partial charge in [0.05, 0.1) is 45.6 Å². The Morgan fingerprint density at radius 3 is 0.654 bits per heavy atom. The average Bonchev–Trinajstić information content (AvgIpc) is 4.47. The first-order chi connectivity index (χ1) is 37.9. The quantitative estimate of drug-likeness (QED) is 0.114. The summed E-state index contributed by atoms with van der Waals surface area (Å²) in [5, 5.41) is 4.70.